The summed E-state index contributed by atoms with van der Waals surface area (Å²) in [6, 6.07) is 3.73. The van der Waals surface area contributed by atoms with Crippen molar-refractivity contribution in [1.29, 1.82) is 0 Å². The van der Waals surface area contributed by atoms with Crippen LogP contribution in [0.4, 0.5) is 4.39 Å². The van der Waals surface area contributed by atoms with Gasteiger partial charge < -0.3 is 10.4 Å². The van der Waals surface area contributed by atoms with Crippen LogP contribution >= 0.6 is 15.9 Å². The molecule has 1 aromatic rings. The van der Waals surface area contributed by atoms with E-state index in [1.807, 2.05) is 0 Å². The Morgan fingerprint density at radius 1 is 1.35 bits per heavy atom. The van der Waals surface area contributed by atoms with Crippen LogP contribution in [0, 0.1) is 11.7 Å². The number of carbonyl (C=O) groups excluding carboxylic acids is 1. The molecule has 0 bridgehead atoms. The monoisotopic (exact) mass is 343 g/mol. The number of benzene rings is 1. The molecule has 108 valence electrons. The number of amides is 1. The summed E-state index contributed by atoms with van der Waals surface area (Å²) in [4.78, 5) is 23.1. The van der Waals surface area contributed by atoms with E-state index in [4.69, 9.17) is 5.11 Å². The van der Waals surface area contributed by atoms with Gasteiger partial charge in [-0.15, -0.1) is 0 Å². The van der Waals surface area contributed by atoms with Crippen molar-refractivity contribution in [3.8, 4) is 0 Å². The fraction of sp³-hybridized carbons (Fsp3) is 0.429. The van der Waals surface area contributed by atoms with Gasteiger partial charge in [0.15, 0.2) is 0 Å². The molecule has 0 spiro atoms. The van der Waals surface area contributed by atoms with Crippen molar-refractivity contribution in [2.45, 2.75) is 31.7 Å². The van der Waals surface area contributed by atoms with E-state index in [-0.39, 0.29) is 17.5 Å². The van der Waals surface area contributed by atoms with E-state index in [0.717, 1.165) is 18.9 Å². The molecule has 1 aromatic carbocycles. The van der Waals surface area contributed by atoms with Gasteiger partial charge in [0.25, 0.3) is 5.91 Å². The second kappa shape index (κ2) is 6.35. The third-order valence-corrected chi connectivity index (χ3v) is 4.22. The molecule has 2 atom stereocenters. The van der Waals surface area contributed by atoms with Gasteiger partial charge in [-0.25, -0.2) is 4.39 Å². The molecule has 6 heteroatoms. The van der Waals surface area contributed by atoms with Crippen LogP contribution in [0.25, 0.3) is 0 Å². The number of aliphatic carboxylic acids is 1. The van der Waals surface area contributed by atoms with Crippen molar-refractivity contribution >= 4 is 27.8 Å². The van der Waals surface area contributed by atoms with Gasteiger partial charge in [0, 0.05) is 10.5 Å². The van der Waals surface area contributed by atoms with Crippen molar-refractivity contribution in [2.24, 2.45) is 5.92 Å². The topological polar surface area (TPSA) is 66.4 Å². The lowest BCUT2D eigenvalue weighted by molar-refractivity contribution is -0.143. The summed E-state index contributed by atoms with van der Waals surface area (Å²) >= 11 is 3.21. The first kappa shape index (κ1) is 15.0. The normalized spacial score (nSPS) is 22.3. The molecule has 20 heavy (non-hydrogen) atoms. The number of carboxylic acid groups (broad SMARTS) is 1. The minimum Gasteiger partial charge on any atom is -0.481 e. The average Bonchev–Trinajstić information content (AvgIpc) is 2.41. The third-order valence-electron chi connectivity index (χ3n) is 3.53. The van der Waals surface area contributed by atoms with E-state index in [1.165, 1.54) is 12.1 Å². The SMILES string of the molecule is O=C(NC1CCCC(C(=O)O)C1)c1cc(F)ccc1Br. The minimum absolute atomic E-state index is 0.174. The highest BCUT2D eigenvalue weighted by Gasteiger charge is 2.28. The Morgan fingerprint density at radius 2 is 2.10 bits per heavy atom. The Hall–Kier alpha value is -1.43. The predicted octanol–water partition coefficient (Wildman–Crippen LogP) is 2.96. The Morgan fingerprint density at radius 3 is 2.80 bits per heavy atom. The molecule has 2 N–H and O–H groups in total. The number of nitrogens with one attached hydrogen (secondary N) is 1. The van der Waals surface area contributed by atoms with Crippen LogP contribution in [-0.4, -0.2) is 23.0 Å². The first-order chi connectivity index (χ1) is 9.47. The highest BCUT2D eigenvalue weighted by atomic mass is 79.9. The highest BCUT2D eigenvalue weighted by molar-refractivity contribution is 9.10. The van der Waals surface area contributed by atoms with Crippen LogP contribution in [0.15, 0.2) is 22.7 Å². The number of carbonyl (C=O) groups is 2. The van der Waals surface area contributed by atoms with Gasteiger partial charge in [0.05, 0.1) is 11.5 Å². The van der Waals surface area contributed by atoms with Gasteiger partial charge in [-0.1, -0.05) is 6.42 Å². The zero-order chi connectivity index (χ0) is 14.7. The van der Waals surface area contributed by atoms with Crippen LogP contribution in [0.1, 0.15) is 36.0 Å². The van der Waals surface area contributed by atoms with Gasteiger partial charge in [-0.2, -0.15) is 0 Å². The summed E-state index contributed by atoms with van der Waals surface area (Å²) in [5, 5.41) is 11.8. The maximum absolute atomic E-state index is 13.2. The van der Waals surface area contributed by atoms with E-state index < -0.39 is 17.7 Å². The molecule has 1 fully saturated rings. The number of hydrogen-bond acceptors (Lipinski definition) is 2. The van der Waals surface area contributed by atoms with Gasteiger partial charge in [-0.05, 0) is 53.4 Å². The molecule has 4 nitrogen and oxygen atoms in total. The number of hydrogen-bond donors (Lipinski definition) is 2. The zero-order valence-corrected chi connectivity index (χ0v) is 12.3. The van der Waals surface area contributed by atoms with Crippen LogP contribution in [0.5, 0.6) is 0 Å². The standard InChI is InChI=1S/C14H15BrFNO3/c15-12-5-4-9(16)7-11(12)13(18)17-10-3-1-2-8(6-10)14(19)20/h4-5,7-8,10H,1-3,6H2,(H,17,18)(H,19,20). The molecular formula is C14H15BrFNO3. The first-order valence-electron chi connectivity index (χ1n) is 6.46. The van der Waals surface area contributed by atoms with Crippen LogP contribution in [-0.2, 0) is 4.79 Å². The summed E-state index contributed by atoms with van der Waals surface area (Å²) in [5.41, 5.74) is 0.224. The maximum Gasteiger partial charge on any atom is 0.306 e. The van der Waals surface area contributed by atoms with Crippen LogP contribution in [0.3, 0.4) is 0 Å². The molecule has 0 heterocycles. The van der Waals surface area contributed by atoms with E-state index in [9.17, 15) is 14.0 Å². The molecule has 1 amide bonds. The lowest BCUT2D eigenvalue weighted by Crippen LogP contribution is -2.40. The summed E-state index contributed by atoms with van der Waals surface area (Å²) in [7, 11) is 0. The molecule has 2 unspecified atom stereocenters. The van der Waals surface area contributed by atoms with Crippen molar-refractivity contribution in [2.75, 3.05) is 0 Å². The summed E-state index contributed by atoms with van der Waals surface area (Å²) in [6.45, 7) is 0. The predicted molar refractivity (Wildman–Crippen MR) is 74.9 cm³/mol. The van der Waals surface area contributed by atoms with Gasteiger partial charge in [0.1, 0.15) is 5.82 Å². The molecule has 0 radical (unpaired) electrons. The summed E-state index contributed by atoms with van der Waals surface area (Å²) in [5.74, 6) is -2.10. The third kappa shape index (κ3) is 3.56. The zero-order valence-electron chi connectivity index (χ0n) is 10.7. The number of rotatable bonds is 3. The minimum atomic E-state index is -0.823. The Kier molecular flexibility index (Phi) is 4.75. The van der Waals surface area contributed by atoms with Crippen molar-refractivity contribution in [3.05, 3.63) is 34.1 Å². The largest absolute Gasteiger partial charge is 0.481 e. The number of halogens is 2. The van der Waals surface area contributed by atoms with Crippen LogP contribution < -0.4 is 5.32 Å². The molecule has 1 aliphatic carbocycles. The fourth-order valence-corrected chi connectivity index (χ4v) is 2.91. The fourth-order valence-electron chi connectivity index (χ4n) is 2.48. The molecule has 0 saturated heterocycles. The average molecular weight is 344 g/mol. The number of carboxylic acids is 1. The van der Waals surface area contributed by atoms with Crippen LogP contribution in [0.2, 0.25) is 0 Å². The summed E-state index contributed by atoms with van der Waals surface area (Å²) < 4.78 is 13.7. The van der Waals surface area contributed by atoms with E-state index in [2.05, 4.69) is 21.2 Å². The molecule has 0 aromatic heterocycles. The Balaban J connectivity index is 2.04. The Labute approximate surface area is 124 Å². The molecule has 1 saturated carbocycles. The molecular weight excluding hydrogens is 329 g/mol. The van der Waals surface area contributed by atoms with Gasteiger partial charge >= 0.3 is 5.97 Å². The second-order valence-electron chi connectivity index (χ2n) is 5.00. The van der Waals surface area contributed by atoms with Crippen molar-refractivity contribution in [1.82, 2.24) is 5.32 Å². The quantitative estimate of drug-likeness (QED) is 0.886. The molecule has 2 rings (SSSR count). The van der Waals surface area contributed by atoms with Crippen molar-refractivity contribution < 1.29 is 19.1 Å². The van der Waals surface area contributed by atoms with E-state index in [1.54, 1.807) is 0 Å². The van der Waals surface area contributed by atoms with Gasteiger partial charge in [-0.3, -0.25) is 9.59 Å². The smallest absolute Gasteiger partial charge is 0.306 e. The lowest BCUT2D eigenvalue weighted by atomic mass is 9.85. The first-order valence-corrected chi connectivity index (χ1v) is 7.25. The molecule has 1 aliphatic rings. The van der Waals surface area contributed by atoms with E-state index >= 15 is 0 Å². The molecule has 0 aliphatic heterocycles. The van der Waals surface area contributed by atoms with E-state index in [0.29, 0.717) is 17.3 Å². The second-order valence-corrected chi connectivity index (χ2v) is 5.85. The highest BCUT2D eigenvalue weighted by Crippen LogP contribution is 2.25. The van der Waals surface area contributed by atoms with Gasteiger partial charge in [0.2, 0.25) is 0 Å². The summed E-state index contributed by atoms with van der Waals surface area (Å²) in [6.07, 6.45) is 2.59. The maximum atomic E-state index is 13.2. The Bertz CT molecular complexity index is 535. The van der Waals surface area contributed by atoms with Crippen molar-refractivity contribution in [3.63, 3.8) is 0 Å². The lowest BCUT2D eigenvalue weighted by Gasteiger charge is -2.27.